The zero-order valence-corrected chi connectivity index (χ0v) is 20.9. The smallest absolute Gasteiger partial charge is 0.303 e. The first-order valence-corrected chi connectivity index (χ1v) is 11.9. The number of carbonyl (C=O) groups excluding carboxylic acids is 3. The lowest BCUT2D eigenvalue weighted by Gasteiger charge is -2.20. The van der Waals surface area contributed by atoms with E-state index in [-0.39, 0.29) is 11.3 Å². The fourth-order valence-corrected chi connectivity index (χ4v) is 4.21. The lowest BCUT2D eigenvalue weighted by Crippen LogP contribution is -2.31. The summed E-state index contributed by atoms with van der Waals surface area (Å²) in [5.41, 5.74) is 2.96. The molecule has 2 amide bonds. The number of aromatic nitrogens is 2. The van der Waals surface area contributed by atoms with Gasteiger partial charge in [-0.05, 0) is 52.9 Å². The van der Waals surface area contributed by atoms with Gasteiger partial charge in [0.05, 0.1) is 5.56 Å². The van der Waals surface area contributed by atoms with E-state index in [0.717, 1.165) is 11.1 Å². The molecule has 3 aromatic rings. The summed E-state index contributed by atoms with van der Waals surface area (Å²) in [5, 5.41) is 5.58. The van der Waals surface area contributed by atoms with Gasteiger partial charge in [-0.1, -0.05) is 44.7 Å². The molecule has 1 aromatic carbocycles. The van der Waals surface area contributed by atoms with Crippen molar-refractivity contribution < 1.29 is 19.1 Å². The minimum absolute atomic E-state index is 0.0115. The second kappa shape index (κ2) is 11.6. The topological polar surface area (TPSA) is 110 Å². The minimum atomic E-state index is -0.589. The number of pyridine rings is 2. The summed E-state index contributed by atoms with van der Waals surface area (Å²) in [6.07, 6.45) is 4.80. The summed E-state index contributed by atoms with van der Waals surface area (Å²) in [6.45, 7) is 7.22. The maximum absolute atomic E-state index is 13.1. The predicted octanol–water partition coefficient (Wildman–Crippen LogP) is 4.50. The van der Waals surface area contributed by atoms with Crippen LogP contribution in [-0.2, 0) is 19.7 Å². The van der Waals surface area contributed by atoms with Gasteiger partial charge in [0.1, 0.15) is 10.4 Å². The van der Waals surface area contributed by atoms with Crippen molar-refractivity contribution in [3.63, 3.8) is 0 Å². The highest BCUT2D eigenvalue weighted by molar-refractivity contribution is 7.99. The Morgan fingerprint density at radius 3 is 2.31 bits per heavy atom. The first-order valence-electron chi connectivity index (χ1n) is 11.0. The molecule has 3 rings (SSSR count). The Labute approximate surface area is 208 Å². The van der Waals surface area contributed by atoms with Gasteiger partial charge in [0.15, 0.2) is 6.61 Å². The number of nitrogens with one attached hydrogen (secondary N) is 2. The summed E-state index contributed by atoms with van der Waals surface area (Å²) >= 11 is 1.20. The molecule has 2 N–H and O–H groups in total. The largest absolute Gasteiger partial charge is 0.456 e. The third-order valence-corrected chi connectivity index (χ3v) is 6.14. The van der Waals surface area contributed by atoms with Gasteiger partial charge in [-0.2, -0.15) is 0 Å². The Kier molecular flexibility index (Phi) is 8.59. The normalized spacial score (nSPS) is 11.9. The zero-order valence-electron chi connectivity index (χ0n) is 20.1. The molecular weight excluding hydrogens is 464 g/mol. The molecule has 35 heavy (non-hydrogen) atoms. The molecule has 1 atom stereocenters. The van der Waals surface area contributed by atoms with E-state index in [0.29, 0.717) is 16.3 Å². The molecule has 1 unspecified atom stereocenters. The first kappa shape index (κ1) is 25.9. The van der Waals surface area contributed by atoms with Crippen LogP contribution in [0.15, 0.2) is 72.1 Å². The minimum Gasteiger partial charge on any atom is -0.456 e. The Hall–Kier alpha value is -3.72. The van der Waals surface area contributed by atoms with Crippen molar-refractivity contribution in [1.82, 2.24) is 15.3 Å². The lowest BCUT2D eigenvalue weighted by molar-refractivity contribution is -0.146. The first-order chi connectivity index (χ1) is 16.6. The van der Waals surface area contributed by atoms with Gasteiger partial charge in [0.2, 0.25) is 0 Å². The summed E-state index contributed by atoms with van der Waals surface area (Å²) in [5.74, 6) is -1.34. The van der Waals surface area contributed by atoms with Gasteiger partial charge in [0, 0.05) is 31.2 Å². The molecule has 182 valence electrons. The summed E-state index contributed by atoms with van der Waals surface area (Å²) in [6, 6.07) is 14.6. The lowest BCUT2D eigenvalue weighted by atomic mass is 9.87. The number of rotatable bonds is 8. The second-order valence-electron chi connectivity index (χ2n) is 8.76. The summed E-state index contributed by atoms with van der Waals surface area (Å²) in [4.78, 5) is 44.9. The van der Waals surface area contributed by atoms with Crippen LogP contribution in [0.2, 0.25) is 0 Å². The van der Waals surface area contributed by atoms with E-state index < -0.39 is 23.9 Å². The number of carbonyl (C=O) groups is 3. The van der Waals surface area contributed by atoms with Gasteiger partial charge < -0.3 is 15.4 Å². The van der Waals surface area contributed by atoms with Gasteiger partial charge in [-0.3, -0.25) is 19.4 Å². The van der Waals surface area contributed by atoms with Crippen molar-refractivity contribution in [2.75, 3.05) is 11.9 Å². The predicted molar refractivity (Wildman–Crippen MR) is 135 cm³/mol. The van der Waals surface area contributed by atoms with Gasteiger partial charge in [-0.25, -0.2) is 4.98 Å². The maximum Gasteiger partial charge on any atom is 0.303 e. The van der Waals surface area contributed by atoms with Crippen LogP contribution < -0.4 is 10.6 Å². The van der Waals surface area contributed by atoms with Crippen molar-refractivity contribution in [3.8, 4) is 0 Å². The number of thioether (sulfide) groups is 1. The molecule has 2 heterocycles. The third-order valence-electron chi connectivity index (χ3n) is 4.96. The van der Waals surface area contributed by atoms with E-state index in [4.69, 9.17) is 4.74 Å². The van der Waals surface area contributed by atoms with Crippen LogP contribution in [0.1, 0.15) is 54.6 Å². The molecule has 2 aromatic heterocycles. The van der Waals surface area contributed by atoms with E-state index in [1.807, 2.05) is 24.3 Å². The van der Waals surface area contributed by atoms with E-state index in [2.05, 4.69) is 41.4 Å². The molecule has 0 fully saturated rings. The molecule has 9 heteroatoms. The Morgan fingerprint density at radius 2 is 1.69 bits per heavy atom. The highest BCUT2D eigenvalue weighted by Crippen LogP contribution is 2.34. The highest BCUT2D eigenvalue weighted by Gasteiger charge is 2.22. The van der Waals surface area contributed by atoms with E-state index in [1.54, 1.807) is 42.9 Å². The molecule has 0 aliphatic rings. The van der Waals surface area contributed by atoms with Crippen molar-refractivity contribution in [1.29, 1.82) is 0 Å². The van der Waals surface area contributed by atoms with Crippen LogP contribution in [0.4, 0.5) is 5.69 Å². The zero-order chi connectivity index (χ0) is 25.4. The molecule has 0 spiro atoms. The van der Waals surface area contributed by atoms with Crippen molar-refractivity contribution >= 4 is 35.2 Å². The molecule has 0 radical (unpaired) electrons. The number of amides is 2. The number of hydrogen-bond donors (Lipinski definition) is 2. The van der Waals surface area contributed by atoms with E-state index in [1.165, 1.54) is 18.7 Å². The van der Waals surface area contributed by atoms with Crippen LogP contribution in [0, 0.1) is 0 Å². The monoisotopic (exact) mass is 492 g/mol. The molecule has 0 aliphatic heterocycles. The third kappa shape index (κ3) is 7.65. The molecule has 8 nitrogen and oxygen atoms in total. The van der Waals surface area contributed by atoms with Crippen LogP contribution in [0.25, 0.3) is 0 Å². The quantitative estimate of drug-likeness (QED) is 0.271. The van der Waals surface area contributed by atoms with Crippen molar-refractivity contribution in [3.05, 3.63) is 83.8 Å². The molecule has 0 saturated carbocycles. The van der Waals surface area contributed by atoms with E-state index >= 15 is 0 Å². The number of anilines is 1. The fraction of sp³-hybridized carbons (Fsp3) is 0.269. The number of esters is 1. The maximum atomic E-state index is 13.1. The summed E-state index contributed by atoms with van der Waals surface area (Å²) < 4.78 is 4.80. The van der Waals surface area contributed by atoms with Gasteiger partial charge in [0.25, 0.3) is 11.8 Å². The standard InChI is InChI=1S/C26H28N4O4S/c1-17(31)34-16-22(32)30-24(18-11-14-27-15-12-18)35-25-21(6-5-13-28-25)23(33)29-20-9-7-19(8-10-20)26(2,3)4/h5-15,24H,16H2,1-4H3,(H,29,33)(H,30,32). The van der Waals surface area contributed by atoms with Crippen LogP contribution >= 0.6 is 11.8 Å². The number of nitrogens with zero attached hydrogens (tertiary/aromatic N) is 2. The van der Waals surface area contributed by atoms with Crippen molar-refractivity contribution in [2.45, 2.75) is 43.5 Å². The average molecular weight is 493 g/mol. The molecule has 0 bridgehead atoms. The molecule has 0 aliphatic carbocycles. The Bertz CT molecular complexity index is 1180. The number of hydrogen-bond acceptors (Lipinski definition) is 7. The Balaban J connectivity index is 1.80. The van der Waals surface area contributed by atoms with Crippen LogP contribution in [0.3, 0.4) is 0 Å². The highest BCUT2D eigenvalue weighted by atomic mass is 32.2. The van der Waals surface area contributed by atoms with E-state index in [9.17, 15) is 14.4 Å². The van der Waals surface area contributed by atoms with Crippen LogP contribution in [-0.4, -0.2) is 34.4 Å². The van der Waals surface area contributed by atoms with Crippen molar-refractivity contribution in [2.24, 2.45) is 0 Å². The fourth-order valence-electron chi connectivity index (χ4n) is 3.10. The Morgan fingerprint density at radius 1 is 1.00 bits per heavy atom. The number of ether oxygens (including phenoxy) is 1. The summed E-state index contributed by atoms with van der Waals surface area (Å²) in [7, 11) is 0. The molecular formula is C26H28N4O4S. The molecule has 0 saturated heterocycles. The number of benzene rings is 1. The average Bonchev–Trinajstić information content (AvgIpc) is 2.83. The SMILES string of the molecule is CC(=O)OCC(=O)NC(Sc1ncccc1C(=O)Nc1ccc(C(C)(C)C)cc1)c1ccncc1. The van der Waals surface area contributed by atoms with Gasteiger partial charge >= 0.3 is 5.97 Å². The van der Waals surface area contributed by atoms with Gasteiger partial charge in [-0.15, -0.1) is 0 Å². The second-order valence-corrected chi connectivity index (χ2v) is 9.86. The van der Waals surface area contributed by atoms with Crippen LogP contribution in [0.5, 0.6) is 0 Å².